The van der Waals surface area contributed by atoms with Crippen molar-refractivity contribution in [2.45, 2.75) is 13.0 Å². The number of carbonyl (C=O) groups is 1. The first-order valence-electron chi connectivity index (χ1n) is 7.59. The van der Waals surface area contributed by atoms with Gasteiger partial charge in [0.2, 0.25) is 5.78 Å². The van der Waals surface area contributed by atoms with E-state index in [1.54, 1.807) is 54.2 Å². The van der Waals surface area contributed by atoms with Crippen LogP contribution in [-0.2, 0) is 0 Å². The molecule has 2 aromatic rings. The maximum absolute atomic E-state index is 13.0. The van der Waals surface area contributed by atoms with Gasteiger partial charge in [-0.3, -0.25) is 14.9 Å². The van der Waals surface area contributed by atoms with Gasteiger partial charge in [0.15, 0.2) is 17.4 Å². The van der Waals surface area contributed by atoms with Crippen molar-refractivity contribution in [3.63, 3.8) is 0 Å². The number of hydrogen-bond donors (Lipinski definition) is 1. The van der Waals surface area contributed by atoms with E-state index < -0.39 is 11.0 Å². The Morgan fingerprint density at radius 1 is 1.40 bits per heavy atom. The molecule has 0 aliphatic rings. The van der Waals surface area contributed by atoms with Crippen LogP contribution in [0.4, 0.5) is 5.69 Å². The zero-order valence-electron chi connectivity index (χ0n) is 13.7. The molecule has 25 heavy (non-hydrogen) atoms. The number of nitrogens with one attached hydrogen (secondary N) is 1. The lowest BCUT2D eigenvalue weighted by Gasteiger charge is -2.14. The fourth-order valence-electron chi connectivity index (χ4n) is 2.36. The van der Waals surface area contributed by atoms with Gasteiger partial charge < -0.3 is 5.32 Å². The van der Waals surface area contributed by atoms with Crippen molar-refractivity contribution in [1.29, 1.82) is 0 Å². The first-order chi connectivity index (χ1) is 12.0. The van der Waals surface area contributed by atoms with Crippen LogP contribution in [0.25, 0.3) is 0 Å². The van der Waals surface area contributed by atoms with Crippen LogP contribution in [0.15, 0.2) is 61.4 Å². The standard InChI is InChI=1S/C18H17N3O3S/c1-3-9-19-18(25)16(20-10-5-4-6-11-20)17(22)14-8-7-13(2)15(12-14)21(23)24/h3-8,10-12,16H,1,9H2,2H3/p+1/t16-/m0/s1. The van der Waals surface area contributed by atoms with Gasteiger partial charge in [-0.05, 0) is 6.92 Å². The number of carbonyl (C=O) groups excluding carboxylic acids is 1. The molecule has 0 spiro atoms. The molecule has 0 bridgehead atoms. The normalized spacial score (nSPS) is 11.4. The Morgan fingerprint density at radius 3 is 2.68 bits per heavy atom. The Balaban J connectivity index is 2.45. The number of nitro benzene ring substituents is 1. The lowest BCUT2D eigenvalue weighted by Crippen LogP contribution is -2.51. The zero-order valence-corrected chi connectivity index (χ0v) is 14.5. The summed E-state index contributed by atoms with van der Waals surface area (Å²) in [5, 5.41) is 14.1. The molecule has 0 saturated carbocycles. The second-order valence-electron chi connectivity index (χ2n) is 5.38. The molecule has 2 rings (SSSR count). The molecule has 0 aliphatic carbocycles. The first-order valence-corrected chi connectivity index (χ1v) is 8.00. The summed E-state index contributed by atoms with van der Waals surface area (Å²) in [6.07, 6.45) is 5.10. The van der Waals surface area contributed by atoms with E-state index in [0.29, 0.717) is 17.1 Å². The number of thiocarbonyl (C=S) groups is 1. The zero-order chi connectivity index (χ0) is 18.4. The van der Waals surface area contributed by atoms with E-state index in [-0.39, 0.29) is 17.0 Å². The summed E-state index contributed by atoms with van der Waals surface area (Å²) >= 11 is 5.37. The summed E-state index contributed by atoms with van der Waals surface area (Å²) in [7, 11) is 0. The van der Waals surface area contributed by atoms with Gasteiger partial charge >= 0.3 is 0 Å². The van der Waals surface area contributed by atoms with Crippen molar-refractivity contribution in [3.05, 3.63) is 82.7 Å². The Labute approximate surface area is 151 Å². The van der Waals surface area contributed by atoms with Crippen LogP contribution in [0.3, 0.4) is 0 Å². The average Bonchev–Trinajstić information content (AvgIpc) is 2.61. The van der Waals surface area contributed by atoms with Crippen molar-refractivity contribution in [2.24, 2.45) is 0 Å². The molecule has 128 valence electrons. The summed E-state index contributed by atoms with van der Waals surface area (Å²) in [5.74, 6) is -0.319. The highest BCUT2D eigenvalue weighted by molar-refractivity contribution is 7.80. The van der Waals surface area contributed by atoms with Gasteiger partial charge in [0.1, 0.15) is 0 Å². The molecule has 0 saturated heterocycles. The molecule has 1 atom stereocenters. The summed E-state index contributed by atoms with van der Waals surface area (Å²) in [6, 6.07) is 9.05. The van der Waals surface area contributed by atoms with Crippen LogP contribution >= 0.6 is 12.2 Å². The summed E-state index contributed by atoms with van der Waals surface area (Å²) in [4.78, 5) is 24.0. The molecule has 0 amide bonds. The lowest BCUT2D eigenvalue weighted by atomic mass is 10.0. The van der Waals surface area contributed by atoms with Gasteiger partial charge in [-0.2, -0.15) is 4.57 Å². The SMILES string of the molecule is C=CCNC(=S)[C@H](C(=O)c1ccc(C)c([N+](=O)[O-])c1)[n+]1ccccc1. The predicted molar refractivity (Wildman–Crippen MR) is 98.6 cm³/mol. The molecule has 0 unspecified atom stereocenters. The van der Waals surface area contributed by atoms with E-state index >= 15 is 0 Å². The summed E-state index contributed by atoms with van der Waals surface area (Å²) in [5.41, 5.74) is 0.645. The van der Waals surface area contributed by atoms with Gasteiger partial charge in [0, 0.05) is 35.9 Å². The smallest absolute Gasteiger partial charge is 0.273 e. The van der Waals surface area contributed by atoms with Crippen LogP contribution in [-0.4, -0.2) is 22.2 Å². The predicted octanol–water partition coefficient (Wildman–Crippen LogP) is 2.72. The van der Waals surface area contributed by atoms with E-state index in [9.17, 15) is 14.9 Å². The average molecular weight is 356 g/mol. The van der Waals surface area contributed by atoms with E-state index in [1.807, 2.05) is 6.07 Å². The quantitative estimate of drug-likeness (QED) is 0.206. The number of pyridine rings is 1. The maximum Gasteiger partial charge on any atom is 0.273 e. The fourth-order valence-corrected chi connectivity index (χ4v) is 2.67. The third kappa shape index (κ3) is 4.33. The molecule has 7 heteroatoms. The van der Waals surface area contributed by atoms with E-state index in [0.717, 1.165) is 0 Å². The number of ketones is 1. The molecule has 0 aliphatic heterocycles. The lowest BCUT2D eigenvalue weighted by molar-refractivity contribution is -0.692. The van der Waals surface area contributed by atoms with Gasteiger partial charge in [-0.1, -0.05) is 36.5 Å². The van der Waals surface area contributed by atoms with Crippen LogP contribution in [0, 0.1) is 17.0 Å². The number of Topliss-reactive ketones (excluding diaryl/α,β-unsaturated/α-hetero) is 1. The molecule has 1 aromatic carbocycles. The Kier molecular flexibility index (Phi) is 6.08. The van der Waals surface area contributed by atoms with Crippen LogP contribution in [0.1, 0.15) is 22.0 Å². The molecule has 1 N–H and O–H groups in total. The molecular formula is C18H18N3O3S+. The number of nitro groups is 1. The molecule has 6 nitrogen and oxygen atoms in total. The molecule has 0 fully saturated rings. The number of aryl methyl sites for hydroxylation is 1. The van der Waals surface area contributed by atoms with E-state index in [1.165, 1.54) is 6.07 Å². The fraction of sp³-hybridized carbons (Fsp3) is 0.167. The first kappa shape index (κ1) is 18.4. The largest absolute Gasteiger partial charge is 0.370 e. The monoisotopic (exact) mass is 356 g/mol. The molecule has 1 aromatic heterocycles. The third-order valence-corrected chi connectivity index (χ3v) is 4.01. The number of aromatic nitrogens is 1. The Morgan fingerprint density at radius 2 is 2.08 bits per heavy atom. The van der Waals surface area contributed by atoms with Crippen molar-refractivity contribution >= 4 is 28.7 Å². The molecule has 0 radical (unpaired) electrons. The highest BCUT2D eigenvalue weighted by Gasteiger charge is 2.33. The Hall–Kier alpha value is -2.93. The number of rotatable bonds is 7. The van der Waals surface area contributed by atoms with Gasteiger partial charge in [0.05, 0.1) is 4.92 Å². The van der Waals surface area contributed by atoms with Gasteiger partial charge in [-0.25, -0.2) is 0 Å². The number of benzene rings is 1. The summed E-state index contributed by atoms with van der Waals surface area (Å²) in [6.45, 7) is 5.67. The highest BCUT2D eigenvalue weighted by Crippen LogP contribution is 2.21. The minimum Gasteiger partial charge on any atom is -0.370 e. The number of nitrogens with zero attached hydrogens (tertiary/aromatic N) is 2. The molecular weight excluding hydrogens is 338 g/mol. The van der Waals surface area contributed by atoms with Crippen molar-refractivity contribution in [2.75, 3.05) is 6.54 Å². The topological polar surface area (TPSA) is 76.1 Å². The van der Waals surface area contributed by atoms with Crippen molar-refractivity contribution in [1.82, 2.24) is 5.32 Å². The van der Waals surface area contributed by atoms with E-state index in [2.05, 4.69) is 11.9 Å². The summed E-state index contributed by atoms with van der Waals surface area (Å²) < 4.78 is 1.67. The van der Waals surface area contributed by atoms with Crippen LogP contribution in [0.2, 0.25) is 0 Å². The highest BCUT2D eigenvalue weighted by atomic mass is 32.1. The third-order valence-electron chi connectivity index (χ3n) is 3.64. The van der Waals surface area contributed by atoms with Crippen LogP contribution < -0.4 is 9.88 Å². The molecule has 1 heterocycles. The van der Waals surface area contributed by atoms with Crippen molar-refractivity contribution < 1.29 is 14.3 Å². The second kappa shape index (κ2) is 8.25. The van der Waals surface area contributed by atoms with Crippen molar-refractivity contribution in [3.8, 4) is 0 Å². The maximum atomic E-state index is 13.0. The van der Waals surface area contributed by atoms with Gasteiger partial charge in [0.25, 0.3) is 11.7 Å². The second-order valence-corrected chi connectivity index (χ2v) is 5.82. The Bertz CT molecular complexity index is 822. The minimum atomic E-state index is -0.793. The van der Waals surface area contributed by atoms with E-state index in [4.69, 9.17) is 12.2 Å². The number of hydrogen-bond acceptors (Lipinski definition) is 4. The van der Waals surface area contributed by atoms with Gasteiger partial charge in [-0.15, -0.1) is 6.58 Å². The van der Waals surface area contributed by atoms with Crippen LogP contribution in [0.5, 0.6) is 0 Å². The minimum absolute atomic E-state index is 0.0902.